The van der Waals surface area contributed by atoms with Crippen molar-refractivity contribution in [1.29, 1.82) is 0 Å². The average Bonchev–Trinajstić information content (AvgIpc) is 3.34. The van der Waals surface area contributed by atoms with Crippen LogP contribution in [-0.4, -0.2) is 37.2 Å². The summed E-state index contributed by atoms with van der Waals surface area (Å²) in [6, 6.07) is 7.42. The van der Waals surface area contributed by atoms with Crippen molar-refractivity contribution in [2.45, 2.75) is 51.7 Å². The molecule has 3 aromatic heterocycles. The van der Waals surface area contributed by atoms with Crippen molar-refractivity contribution in [1.82, 2.24) is 24.6 Å². The van der Waals surface area contributed by atoms with Crippen LogP contribution in [0.3, 0.4) is 0 Å². The third kappa shape index (κ3) is 3.89. The van der Waals surface area contributed by atoms with Crippen LogP contribution in [0, 0.1) is 0 Å². The summed E-state index contributed by atoms with van der Waals surface area (Å²) in [5.74, 6) is 1.25. The second-order valence-corrected chi connectivity index (χ2v) is 7.56. The molecule has 1 saturated heterocycles. The predicted octanol–water partition coefficient (Wildman–Crippen LogP) is 3.08. The smallest absolute Gasteiger partial charge is 0.266 e. The summed E-state index contributed by atoms with van der Waals surface area (Å²) < 4.78 is 7.15. The maximum absolute atomic E-state index is 12.4. The van der Waals surface area contributed by atoms with Crippen LogP contribution >= 0.6 is 0 Å². The van der Waals surface area contributed by atoms with Gasteiger partial charge in [-0.25, -0.2) is 9.67 Å². The third-order valence-electron chi connectivity index (χ3n) is 5.28. The molecule has 1 fully saturated rings. The van der Waals surface area contributed by atoms with Crippen LogP contribution in [0.25, 0.3) is 11.3 Å². The molecule has 1 unspecified atom stereocenters. The van der Waals surface area contributed by atoms with Gasteiger partial charge in [-0.05, 0) is 37.6 Å². The minimum absolute atomic E-state index is 0.0750. The van der Waals surface area contributed by atoms with Gasteiger partial charge in [0, 0.05) is 42.5 Å². The number of oxazole rings is 1. The summed E-state index contributed by atoms with van der Waals surface area (Å²) in [5, 5.41) is 4.60. The predicted molar refractivity (Wildman–Crippen MR) is 106 cm³/mol. The second-order valence-electron chi connectivity index (χ2n) is 7.56. The quantitative estimate of drug-likeness (QED) is 0.655. The molecule has 1 aliphatic heterocycles. The van der Waals surface area contributed by atoms with E-state index in [1.165, 1.54) is 6.39 Å². The van der Waals surface area contributed by atoms with Crippen LogP contribution in [0.5, 0.6) is 0 Å². The van der Waals surface area contributed by atoms with E-state index in [2.05, 4.69) is 33.8 Å². The highest BCUT2D eigenvalue weighted by molar-refractivity contribution is 5.56. The molecule has 0 aromatic carbocycles. The van der Waals surface area contributed by atoms with Gasteiger partial charge >= 0.3 is 0 Å². The van der Waals surface area contributed by atoms with Crippen LogP contribution < -0.4 is 5.56 Å². The first-order valence-corrected chi connectivity index (χ1v) is 9.76. The third-order valence-corrected chi connectivity index (χ3v) is 5.28. The molecule has 146 valence electrons. The Balaban J connectivity index is 1.53. The summed E-state index contributed by atoms with van der Waals surface area (Å²) >= 11 is 0. The first kappa shape index (κ1) is 18.6. The lowest BCUT2D eigenvalue weighted by Crippen LogP contribution is -2.37. The molecule has 28 heavy (non-hydrogen) atoms. The Morgan fingerprint density at radius 3 is 2.82 bits per heavy atom. The minimum atomic E-state index is -0.0750. The highest BCUT2D eigenvalue weighted by Gasteiger charge is 2.27. The Morgan fingerprint density at radius 1 is 1.21 bits per heavy atom. The lowest BCUT2D eigenvalue weighted by molar-refractivity contribution is 0.213. The van der Waals surface area contributed by atoms with E-state index in [1.807, 2.05) is 12.1 Å². The summed E-state index contributed by atoms with van der Waals surface area (Å²) in [4.78, 5) is 23.2. The fraction of sp³-hybridized carbons (Fsp3) is 0.429. The van der Waals surface area contributed by atoms with Crippen molar-refractivity contribution >= 4 is 0 Å². The summed E-state index contributed by atoms with van der Waals surface area (Å²) in [6.07, 6.45) is 7.14. The van der Waals surface area contributed by atoms with Crippen molar-refractivity contribution in [3.05, 3.63) is 64.9 Å². The number of hydrogen-bond donors (Lipinski definition) is 0. The summed E-state index contributed by atoms with van der Waals surface area (Å²) in [5.41, 5.74) is 2.66. The largest absolute Gasteiger partial charge is 0.448 e. The molecule has 1 atom stereocenters. The van der Waals surface area contributed by atoms with Crippen molar-refractivity contribution in [3.8, 4) is 11.3 Å². The summed E-state index contributed by atoms with van der Waals surface area (Å²) in [7, 11) is 0. The molecule has 0 N–H and O–H groups in total. The van der Waals surface area contributed by atoms with Gasteiger partial charge in [0.05, 0.1) is 17.9 Å². The number of rotatable bonds is 6. The number of aromatic nitrogens is 4. The van der Waals surface area contributed by atoms with Gasteiger partial charge in [0.15, 0.2) is 6.39 Å². The molecule has 0 amide bonds. The SMILES string of the molecule is CC(C)c1ocnc1CN1CCCC1Cn1nc(-c2ccncc2)ccc1=O. The molecular formula is C21H25N5O2. The fourth-order valence-corrected chi connectivity index (χ4v) is 3.82. The molecule has 3 aromatic rings. The van der Waals surface area contributed by atoms with E-state index in [4.69, 9.17) is 4.42 Å². The Bertz CT molecular complexity index is 980. The van der Waals surface area contributed by atoms with Gasteiger partial charge in [0.1, 0.15) is 5.76 Å². The van der Waals surface area contributed by atoms with Crippen molar-refractivity contribution < 1.29 is 4.42 Å². The van der Waals surface area contributed by atoms with Gasteiger partial charge in [-0.15, -0.1) is 0 Å². The van der Waals surface area contributed by atoms with Gasteiger partial charge < -0.3 is 4.42 Å². The Hall–Kier alpha value is -2.80. The molecule has 7 heteroatoms. The van der Waals surface area contributed by atoms with Gasteiger partial charge in [0.25, 0.3) is 5.56 Å². The second kappa shape index (κ2) is 8.06. The van der Waals surface area contributed by atoms with Gasteiger partial charge in [-0.1, -0.05) is 13.8 Å². The molecule has 7 nitrogen and oxygen atoms in total. The van der Waals surface area contributed by atoms with Crippen LogP contribution in [-0.2, 0) is 13.1 Å². The number of hydrogen-bond acceptors (Lipinski definition) is 6. The number of likely N-dealkylation sites (tertiary alicyclic amines) is 1. The first-order chi connectivity index (χ1) is 13.6. The van der Waals surface area contributed by atoms with Gasteiger partial charge in [0.2, 0.25) is 0 Å². The van der Waals surface area contributed by atoms with E-state index in [0.717, 1.165) is 48.6 Å². The zero-order valence-electron chi connectivity index (χ0n) is 16.3. The molecule has 0 saturated carbocycles. The first-order valence-electron chi connectivity index (χ1n) is 9.76. The van der Waals surface area contributed by atoms with Gasteiger partial charge in [-0.2, -0.15) is 5.10 Å². The fourth-order valence-electron chi connectivity index (χ4n) is 3.82. The lowest BCUT2D eigenvalue weighted by Gasteiger charge is -2.24. The number of nitrogens with zero attached hydrogens (tertiary/aromatic N) is 5. The lowest BCUT2D eigenvalue weighted by atomic mass is 10.1. The highest BCUT2D eigenvalue weighted by atomic mass is 16.3. The Kier molecular flexibility index (Phi) is 5.34. The zero-order valence-corrected chi connectivity index (χ0v) is 16.3. The Labute approximate surface area is 164 Å². The van der Waals surface area contributed by atoms with E-state index in [0.29, 0.717) is 12.5 Å². The molecule has 4 rings (SSSR count). The summed E-state index contributed by atoms with van der Waals surface area (Å²) in [6.45, 7) is 6.53. The molecule has 0 bridgehead atoms. The van der Waals surface area contributed by atoms with Crippen molar-refractivity contribution in [3.63, 3.8) is 0 Å². The maximum atomic E-state index is 12.4. The van der Waals surface area contributed by atoms with Crippen LogP contribution in [0.4, 0.5) is 0 Å². The van der Waals surface area contributed by atoms with Crippen LogP contribution in [0.2, 0.25) is 0 Å². The average molecular weight is 379 g/mol. The van der Waals surface area contributed by atoms with E-state index in [-0.39, 0.29) is 11.6 Å². The van der Waals surface area contributed by atoms with Crippen LogP contribution in [0.1, 0.15) is 44.1 Å². The van der Waals surface area contributed by atoms with Crippen LogP contribution in [0.15, 0.2) is 52.3 Å². The Morgan fingerprint density at radius 2 is 2.04 bits per heavy atom. The molecule has 0 aliphatic carbocycles. The molecule has 4 heterocycles. The standard InChI is InChI=1S/C21H25N5O2/c1-15(2)21-19(23-14-28-21)13-25-11-3-4-17(25)12-26-20(27)6-5-18(24-26)16-7-9-22-10-8-16/h5-10,14-15,17H,3-4,11-13H2,1-2H3. The van der Waals surface area contributed by atoms with Gasteiger partial charge in [-0.3, -0.25) is 14.7 Å². The highest BCUT2D eigenvalue weighted by Crippen LogP contribution is 2.25. The van der Waals surface area contributed by atoms with Crippen molar-refractivity contribution in [2.24, 2.45) is 0 Å². The van der Waals surface area contributed by atoms with E-state index in [9.17, 15) is 4.79 Å². The topological polar surface area (TPSA) is 77.1 Å². The van der Waals surface area contributed by atoms with E-state index >= 15 is 0 Å². The van der Waals surface area contributed by atoms with Crippen molar-refractivity contribution in [2.75, 3.05) is 6.54 Å². The van der Waals surface area contributed by atoms with E-state index < -0.39 is 0 Å². The molecule has 0 spiro atoms. The molecule has 0 radical (unpaired) electrons. The number of pyridine rings is 1. The maximum Gasteiger partial charge on any atom is 0.266 e. The monoisotopic (exact) mass is 379 g/mol. The molecular weight excluding hydrogens is 354 g/mol. The zero-order chi connectivity index (χ0) is 19.5. The molecule has 1 aliphatic rings. The van der Waals surface area contributed by atoms with E-state index in [1.54, 1.807) is 29.2 Å². The normalized spacial score (nSPS) is 17.5. The minimum Gasteiger partial charge on any atom is -0.448 e.